The van der Waals surface area contributed by atoms with Gasteiger partial charge in [-0.15, -0.1) is 11.8 Å². The van der Waals surface area contributed by atoms with Crippen molar-refractivity contribution < 1.29 is 38.1 Å². The molecule has 2 aliphatic heterocycles. The third kappa shape index (κ3) is 8.88. The molecule has 2 saturated heterocycles. The van der Waals surface area contributed by atoms with Crippen LogP contribution in [0.3, 0.4) is 0 Å². The molecule has 2 aliphatic rings. The molecule has 10 nitrogen and oxygen atoms in total. The second-order valence-corrected chi connectivity index (χ2v) is 11.5. The highest BCUT2D eigenvalue weighted by molar-refractivity contribution is 8.00. The van der Waals surface area contributed by atoms with E-state index in [1.54, 1.807) is 9.80 Å². The van der Waals surface area contributed by atoms with Crippen molar-refractivity contribution in [3.8, 4) is 0 Å². The van der Waals surface area contributed by atoms with Crippen molar-refractivity contribution in [2.24, 2.45) is 5.92 Å². The number of amides is 2. The van der Waals surface area contributed by atoms with Gasteiger partial charge in [0.15, 0.2) is 0 Å². The summed E-state index contributed by atoms with van der Waals surface area (Å²) in [5.74, 6) is -0.746. The van der Waals surface area contributed by atoms with Gasteiger partial charge in [0.25, 0.3) is 0 Å². The summed E-state index contributed by atoms with van der Waals surface area (Å²) in [6, 6.07) is 0. The van der Waals surface area contributed by atoms with Gasteiger partial charge in [-0.3, -0.25) is 9.59 Å². The van der Waals surface area contributed by atoms with Crippen LogP contribution in [-0.2, 0) is 28.5 Å². The van der Waals surface area contributed by atoms with Gasteiger partial charge in [0, 0.05) is 26.2 Å². The van der Waals surface area contributed by atoms with E-state index in [9.17, 15) is 19.2 Å². The molecule has 2 unspecified atom stereocenters. The zero-order valence-electron chi connectivity index (χ0n) is 21.9. The van der Waals surface area contributed by atoms with Crippen LogP contribution in [0.15, 0.2) is 0 Å². The smallest absolute Gasteiger partial charge is 0.410 e. The molecule has 0 bridgehead atoms. The van der Waals surface area contributed by atoms with E-state index in [0.717, 1.165) is 0 Å². The molecule has 0 aromatic rings. The molecule has 0 aromatic heterocycles. The predicted octanol–water partition coefficient (Wildman–Crippen LogP) is 3.32. The number of nitrogens with zero attached hydrogens (tertiary/aromatic N) is 2. The molecule has 2 fully saturated rings. The number of carbonyl (C=O) groups excluding carboxylic acids is 4. The lowest BCUT2D eigenvalue weighted by molar-refractivity contribution is -0.145. The summed E-state index contributed by atoms with van der Waals surface area (Å²) < 4.78 is 19.3. The third-order valence-electron chi connectivity index (χ3n) is 5.21. The fourth-order valence-corrected chi connectivity index (χ4v) is 4.31. The van der Waals surface area contributed by atoms with E-state index in [1.165, 1.54) is 26.0 Å². The minimum Gasteiger partial charge on any atom is -0.469 e. The number of hydrogen-bond acceptors (Lipinski definition) is 9. The first-order chi connectivity index (χ1) is 15.6. The largest absolute Gasteiger partial charge is 0.469 e. The molecule has 0 aromatic carbocycles. The number of ether oxygens (including phenoxy) is 4. The topological polar surface area (TPSA) is 112 Å². The first kappa shape index (κ1) is 29.9. The van der Waals surface area contributed by atoms with Crippen molar-refractivity contribution in [1.82, 2.24) is 9.80 Å². The van der Waals surface area contributed by atoms with Crippen LogP contribution in [0.5, 0.6) is 0 Å². The molecule has 0 spiro atoms. The van der Waals surface area contributed by atoms with Crippen LogP contribution in [-0.4, -0.2) is 96.5 Å². The van der Waals surface area contributed by atoms with Gasteiger partial charge in [-0.05, 0) is 60.6 Å². The van der Waals surface area contributed by atoms with Crippen LogP contribution in [0.2, 0.25) is 0 Å². The van der Waals surface area contributed by atoms with Gasteiger partial charge in [0.1, 0.15) is 15.9 Å². The summed E-state index contributed by atoms with van der Waals surface area (Å²) in [6.07, 6.45) is 2.36. The Labute approximate surface area is 207 Å². The Bertz CT molecular complexity index is 746. The molecule has 2 amide bonds. The first-order valence-electron chi connectivity index (χ1n) is 11.2. The highest BCUT2D eigenvalue weighted by Gasteiger charge is 2.47. The van der Waals surface area contributed by atoms with E-state index in [4.69, 9.17) is 14.2 Å². The molecule has 2 rings (SSSR count). The van der Waals surface area contributed by atoms with E-state index in [1.807, 2.05) is 47.8 Å². The molecule has 2 atom stereocenters. The normalized spacial score (nSPS) is 22.4. The monoisotopic (exact) mass is 504 g/mol. The highest BCUT2D eigenvalue weighted by atomic mass is 32.2. The maximum absolute atomic E-state index is 11.9. The van der Waals surface area contributed by atoms with Crippen molar-refractivity contribution in [2.45, 2.75) is 70.3 Å². The zero-order chi connectivity index (χ0) is 26.3. The molecule has 0 radical (unpaired) electrons. The molecular formula is C23H40N2O8S. The van der Waals surface area contributed by atoms with Crippen LogP contribution < -0.4 is 0 Å². The van der Waals surface area contributed by atoms with Gasteiger partial charge in [0.2, 0.25) is 0 Å². The molecule has 196 valence electrons. The van der Waals surface area contributed by atoms with E-state index in [-0.39, 0.29) is 30.0 Å². The first-order valence-corrected chi connectivity index (χ1v) is 12.5. The van der Waals surface area contributed by atoms with Gasteiger partial charge in [-0.1, -0.05) is 0 Å². The summed E-state index contributed by atoms with van der Waals surface area (Å²) in [7, 11) is 2.73. The summed E-state index contributed by atoms with van der Waals surface area (Å²) in [5.41, 5.74) is -1.02. The molecule has 34 heavy (non-hydrogen) atoms. The number of thioether (sulfide) groups is 1. The second-order valence-electron chi connectivity index (χ2n) is 10.3. The van der Waals surface area contributed by atoms with Crippen LogP contribution in [0, 0.1) is 5.92 Å². The van der Waals surface area contributed by atoms with Crippen molar-refractivity contribution in [3.05, 3.63) is 0 Å². The maximum atomic E-state index is 11.9. The molecule has 0 N–H and O–H groups in total. The lowest BCUT2D eigenvalue weighted by Gasteiger charge is -2.26. The lowest BCUT2D eigenvalue weighted by atomic mass is 10.1. The highest BCUT2D eigenvalue weighted by Crippen LogP contribution is 2.35. The van der Waals surface area contributed by atoms with E-state index < -0.39 is 15.9 Å². The Kier molecular flexibility index (Phi) is 10.5. The molecule has 2 heterocycles. The third-order valence-corrected chi connectivity index (χ3v) is 6.49. The summed E-state index contributed by atoms with van der Waals surface area (Å²) in [5, 5.41) is 0. The van der Waals surface area contributed by atoms with Gasteiger partial charge in [-0.25, -0.2) is 9.59 Å². The Hall–Kier alpha value is -2.17. The van der Waals surface area contributed by atoms with Crippen molar-refractivity contribution >= 4 is 35.9 Å². The van der Waals surface area contributed by atoms with Crippen LogP contribution >= 0.6 is 11.8 Å². The van der Waals surface area contributed by atoms with Gasteiger partial charge in [-0.2, -0.15) is 0 Å². The standard InChI is InChI=1S/C12H21NO4S.C11H19NO4/c1-11(2,3)17-10(15)13-7-6-12(8-13,18-5)9(14)16-4;1-11(2,3)16-10(14)12-6-5-8(7-12)9(13)15-4/h6-8H2,1-5H3;8H,5-7H2,1-4H3. The minimum atomic E-state index is -0.647. The number of esters is 2. The lowest BCUT2D eigenvalue weighted by Crippen LogP contribution is -2.42. The van der Waals surface area contributed by atoms with Gasteiger partial charge < -0.3 is 28.7 Å². The fraction of sp³-hybridized carbons (Fsp3) is 0.826. The minimum absolute atomic E-state index is 0.211. The summed E-state index contributed by atoms with van der Waals surface area (Å²) >= 11 is 1.43. The van der Waals surface area contributed by atoms with Gasteiger partial charge in [0.05, 0.1) is 20.1 Å². The van der Waals surface area contributed by atoms with Crippen LogP contribution in [0.25, 0.3) is 0 Å². The quantitative estimate of drug-likeness (QED) is 0.422. The number of likely N-dealkylation sites (tertiary alicyclic amines) is 2. The second kappa shape index (κ2) is 12.0. The summed E-state index contributed by atoms with van der Waals surface area (Å²) in [4.78, 5) is 49.8. The van der Waals surface area contributed by atoms with Crippen molar-refractivity contribution in [3.63, 3.8) is 0 Å². The maximum Gasteiger partial charge on any atom is 0.410 e. The Morgan fingerprint density at radius 1 is 0.853 bits per heavy atom. The molecule has 0 aliphatic carbocycles. The van der Waals surface area contributed by atoms with E-state index in [0.29, 0.717) is 39.0 Å². The zero-order valence-corrected chi connectivity index (χ0v) is 22.7. The van der Waals surface area contributed by atoms with Crippen LogP contribution in [0.4, 0.5) is 9.59 Å². The Morgan fingerprint density at radius 2 is 1.38 bits per heavy atom. The molecular weight excluding hydrogens is 464 g/mol. The predicted molar refractivity (Wildman–Crippen MR) is 129 cm³/mol. The van der Waals surface area contributed by atoms with E-state index in [2.05, 4.69) is 4.74 Å². The van der Waals surface area contributed by atoms with Crippen molar-refractivity contribution in [1.29, 1.82) is 0 Å². The average Bonchev–Trinajstić information content (AvgIpc) is 3.39. The van der Waals surface area contributed by atoms with Crippen molar-refractivity contribution in [2.75, 3.05) is 46.7 Å². The Morgan fingerprint density at radius 3 is 1.82 bits per heavy atom. The summed E-state index contributed by atoms with van der Waals surface area (Å²) in [6.45, 7) is 12.7. The van der Waals surface area contributed by atoms with Crippen LogP contribution in [0.1, 0.15) is 54.4 Å². The fourth-order valence-electron chi connectivity index (χ4n) is 3.48. The van der Waals surface area contributed by atoms with E-state index >= 15 is 0 Å². The number of methoxy groups -OCH3 is 2. The molecule has 0 saturated carbocycles. The number of carbonyl (C=O) groups is 4. The molecule has 11 heteroatoms. The number of rotatable bonds is 3. The average molecular weight is 505 g/mol. The van der Waals surface area contributed by atoms with Gasteiger partial charge >= 0.3 is 24.1 Å². The Balaban J connectivity index is 0.000000342. The SMILES string of the molecule is COC(=O)C1(SC)CCN(C(=O)OC(C)(C)C)C1.COC(=O)C1CCN(C(=O)OC(C)(C)C)C1. The number of hydrogen-bond donors (Lipinski definition) is 0.